The number of allylic oxidation sites excluding steroid dienone is 4. The van der Waals surface area contributed by atoms with Crippen LogP contribution in [0.3, 0.4) is 0 Å². The molecule has 0 fully saturated rings. The van der Waals surface area contributed by atoms with Crippen molar-refractivity contribution < 1.29 is 0 Å². The summed E-state index contributed by atoms with van der Waals surface area (Å²) in [6.45, 7) is 8.78. The minimum atomic E-state index is 1.13. The first-order valence-corrected chi connectivity index (χ1v) is 6.04. The second-order valence-electron chi connectivity index (χ2n) is 4.12. The Balaban J connectivity index is 4.56. The molecule has 0 unspecified atom stereocenters. The van der Waals surface area contributed by atoms with Gasteiger partial charge in [-0.2, -0.15) is 0 Å². The molecule has 0 saturated heterocycles. The van der Waals surface area contributed by atoms with Gasteiger partial charge in [0.15, 0.2) is 7.28 Å². The maximum Gasteiger partial charge on any atom is 0.151 e. The normalized spacial score (nSPS) is 11.1. The lowest BCUT2D eigenvalue weighted by Crippen LogP contribution is -2.07. The Morgan fingerprint density at radius 1 is 1.20 bits per heavy atom. The Labute approximate surface area is 96.3 Å². The van der Waals surface area contributed by atoms with Crippen molar-refractivity contribution in [1.82, 2.24) is 5.32 Å². The quantitative estimate of drug-likeness (QED) is 0.494. The molecule has 0 aliphatic carbocycles. The van der Waals surface area contributed by atoms with Crippen LogP contribution in [-0.4, -0.2) is 14.3 Å². The summed E-state index contributed by atoms with van der Waals surface area (Å²) in [5, 5.41) is 3.27. The molecule has 1 nitrogen and oxygen atoms in total. The lowest BCUT2D eigenvalue weighted by molar-refractivity contribution is 0.815. The maximum absolute atomic E-state index is 3.27. The molecule has 0 bridgehead atoms. The molecule has 0 rings (SSSR count). The number of hydrogen-bond donors (Lipinski definition) is 1. The van der Waals surface area contributed by atoms with Crippen molar-refractivity contribution >= 4 is 7.28 Å². The van der Waals surface area contributed by atoms with Crippen LogP contribution in [0.4, 0.5) is 0 Å². The van der Waals surface area contributed by atoms with Crippen molar-refractivity contribution in [1.29, 1.82) is 0 Å². The third kappa shape index (κ3) is 6.43. The Hall–Kier alpha value is -0.655. The van der Waals surface area contributed by atoms with Crippen LogP contribution >= 0.6 is 0 Å². The summed E-state index contributed by atoms with van der Waals surface area (Å²) >= 11 is 0. The van der Waals surface area contributed by atoms with Gasteiger partial charge in [0.05, 0.1) is 0 Å². The lowest BCUT2D eigenvalue weighted by Gasteiger charge is -2.09. The topological polar surface area (TPSA) is 12.0 Å². The van der Waals surface area contributed by atoms with Gasteiger partial charge in [-0.3, -0.25) is 0 Å². The number of nitrogens with one attached hydrogen (secondary N) is 1. The molecule has 0 amide bonds. The highest BCUT2D eigenvalue weighted by atomic mass is 14.8. The summed E-state index contributed by atoms with van der Waals surface area (Å²) in [7, 11) is 4.34. The van der Waals surface area contributed by atoms with Gasteiger partial charge in [0.25, 0.3) is 0 Å². The molecule has 0 heterocycles. The van der Waals surface area contributed by atoms with E-state index in [9.17, 15) is 0 Å². The van der Waals surface area contributed by atoms with E-state index < -0.39 is 0 Å². The second kappa shape index (κ2) is 8.64. The van der Waals surface area contributed by atoms with E-state index in [1.54, 1.807) is 0 Å². The van der Waals surface area contributed by atoms with Crippen LogP contribution in [0, 0.1) is 0 Å². The third-order valence-corrected chi connectivity index (χ3v) is 2.40. The Morgan fingerprint density at radius 2 is 1.87 bits per heavy atom. The molecule has 0 aliphatic rings. The average molecular weight is 206 g/mol. The fraction of sp³-hybridized carbons (Fsp3) is 0.692. The Kier molecular flexibility index (Phi) is 8.26. The molecule has 1 N–H and O–H groups in total. The first-order chi connectivity index (χ1) is 7.15. The van der Waals surface area contributed by atoms with E-state index in [0.29, 0.717) is 0 Å². The second-order valence-corrected chi connectivity index (χ2v) is 4.12. The van der Waals surface area contributed by atoms with Gasteiger partial charge >= 0.3 is 0 Å². The van der Waals surface area contributed by atoms with Crippen LogP contribution in [0.25, 0.3) is 0 Å². The van der Waals surface area contributed by atoms with E-state index in [2.05, 4.69) is 46.4 Å². The van der Waals surface area contributed by atoms with Crippen molar-refractivity contribution in [2.24, 2.45) is 0 Å². The van der Waals surface area contributed by atoms with Crippen molar-refractivity contribution in [2.45, 2.75) is 53.3 Å². The van der Waals surface area contributed by atoms with E-state index in [0.717, 1.165) is 6.42 Å². The van der Waals surface area contributed by atoms with Crippen LogP contribution in [-0.2, 0) is 0 Å². The molecular formula is C13H25BN. The van der Waals surface area contributed by atoms with Crippen molar-refractivity contribution in [3.63, 3.8) is 0 Å². The standard InChI is InChI=1S/C13H25BN/c1-6-8-12(15-5)10-13(11(3)4)14-9-7-2/h10,15H,6-9H2,1-5H3/b12-10-. The maximum atomic E-state index is 3.27. The van der Waals surface area contributed by atoms with E-state index in [4.69, 9.17) is 0 Å². The largest absolute Gasteiger partial charge is 0.391 e. The molecule has 1 radical (unpaired) electrons. The summed E-state index contributed by atoms with van der Waals surface area (Å²) in [5.41, 5.74) is 4.11. The first kappa shape index (κ1) is 14.3. The summed E-state index contributed by atoms with van der Waals surface area (Å²) in [6.07, 6.45) is 6.99. The zero-order chi connectivity index (χ0) is 11.7. The van der Waals surface area contributed by atoms with Crippen LogP contribution in [0.5, 0.6) is 0 Å². The van der Waals surface area contributed by atoms with Gasteiger partial charge in [-0.05, 0) is 26.3 Å². The number of hydrogen-bond acceptors (Lipinski definition) is 1. The highest BCUT2D eigenvalue weighted by Crippen LogP contribution is 2.11. The highest BCUT2D eigenvalue weighted by molar-refractivity contribution is 6.46. The molecule has 2 heteroatoms. The fourth-order valence-electron chi connectivity index (χ4n) is 1.43. The monoisotopic (exact) mass is 206 g/mol. The van der Waals surface area contributed by atoms with Gasteiger partial charge < -0.3 is 5.32 Å². The van der Waals surface area contributed by atoms with E-state index in [1.807, 2.05) is 7.05 Å². The van der Waals surface area contributed by atoms with E-state index >= 15 is 0 Å². The fourth-order valence-corrected chi connectivity index (χ4v) is 1.43. The average Bonchev–Trinajstić information content (AvgIpc) is 2.22. The zero-order valence-electron chi connectivity index (χ0n) is 11.0. The predicted octanol–water partition coefficient (Wildman–Crippen LogP) is 3.72. The third-order valence-electron chi connectivity index (χ3n) is 2.40. The van der Waals surface area contributed by atoms with Gasteiger partial charge in [0, 0.05) is 12.7 Å². The number of rotatable bonds is 7. The smallest absolute Gasteiger partial charge is 0.151 e. The van der Waals surface area contributed by atoms with Gasteiger partial charge in [-0.25, -0.2) is 0 Å². The van der Waals surface area contributed by atoms with Crippen LogP contribution in [0.15, 0.2) is 22.8 Å². The summed E-state index contributed by atoms with van der Waals surface area (Å²) in [4.78, 5) is 0. The molecule has 0 aliphatic heterocycles. The first-order valence-electron chi connectivity index (χ1n) is 6.04. The zero-order valence-corrected chi connectivity index (χ0v) is 11.0. The van der Waals surface area contributed by atoms with Crippen molar-refractivity contribution in [3.8, 4) is 0 Å². The van der Waals surface area contributed by atoms with E-state index in [-0.39, 0.29) is 0 Å². The Bertz CT molecular complexity index is 225. The van der Waals surface area contributed by atoms with E-state index in [1.165, 1.54) is 35.9 Å². The molecule has 0 aromatic carbocycles. The molecule has 0 aromatic rings. The lowest BCUT2D eigenvalue weighted by atomic mass is 9.64. The summed E-state index contributed by atoms with van der Waals surface area (Å²) in [6, 6.07) is 0. The van der Waals surface area contributed by atoms with Gasteiger partial charge in [-0.1, -0.05) is 44.1 Å². The van der Waals surface area contributed by atoms with Crippen LogP contribution in [0.2, 0.25) is 6.32 Å². The Morgan fingerprint density at radius 3 is 2.27 bits per heavy atom. The van der Waals surface area contributed by atoms with Gasteiger partial charge in [0.1, 0.15) is 0 Å². The molecule has 0 atom stereocenters. The minimum absolute atomic E-state index is 1.13. The summed E-state index contributed by atoms with van der Waals surface area (Å²) < 4.78 is 0. The van der Waals surface area contributed by atoms with Gasteiger partial charge in [-0.15, -0.1) is 0 Å². The molecule has 15 heavy (non-hydrogen) atoms. The van der Waals surface area contributed by atoms with Crippen molar-refractivity contribution in [3.05, 3.63) is 22.8 Å². The van der Waals surface area contributed by atoms with Crippen LogP contribution < -0.4 is 5.32 Å². The SMILES string of the molecule is CCC[B]C(/C=C(/CCC)NC)=C(C)C. The minimum Gasteiger partial charge on any atom is -0.391 e. The molecule has 85 valence electrons. The molecule has 0 spiro atoms. The summed E-state index contributed by atoms with van der Waals surface area (Å²) in [5.74, 6) is 0. The van der Waals surface area contributed by atoms with Crippen molar-refractivity contribution in [2.75, 3.05) is 7.05 Å². The molecule has 0 aromatic heterocycles. The molecule has 0 saturated carbocycles. The highest BCUT2D eigenvalue weighted by Gasteiger charge is 2.00. The van der Waals surface area contributed by atoms with Crippen LogP contribution in [0.1, 0.15) is 47.0 Å². The van der Waals surface area contributed by atoms with Gasteiger partial charge in [0.2, 0.25) is 0 Å². The molecular weight excluding hydrogens is 181 g/mol. The predicted molar refractivity (Wildman–Crippen MR) is 71.3 cm³/mol.